The summed E-state index contributed by atoms with van der Waals surface area (Å²) in [6.45, 7) is 6.86. The molecule has 0 aliphatic carbocycles. The zero-order chi connectivity index (χ0) is 15.3. The summed E-state index contributed by atoms with van der Waals surface area (Å²) in [6.07, 6.45) is 0.857. The van der Waals surface area contributed by atoms with Crippen molar-refractivity contribution in [1.29, 1.82) is 0 Å². The van der Waals surface area contributed by atoms with Gasteiger partial charge in [0, 0.05) is 32.4 Å². The Balaban J connectivity index is 1.92. The fraction of sp³-hybridized carbons (Fsp3) is 0.562. The van der Waals surface area contributed by atoms with E-state index in [1.165, 1.54) is 0 Å². The van der Waals surface area contributed by atoms with E-state index in [9.17, 15) is 4.79 Å². The Morgan fingerprint density at radius 1 is 1.43 bits per heavy atom. The number of para-hydroxylation sites is 1. The summed E-state index contributed by atoms with van der Waals surface area (Å²) in [5, 5.41) is 5.94. The number of ether oxygens (including phenoxy) is 1. The van der Waals surface area contributed by atoms with Crippen LogP contribution >= 0.6 is 0 Å². The number of hydrogen-bond donors (Lipinski definition) is 2. The highest BCUT2D eigenvalue weighted by molar-refractivity contribution is 5.75. The first-order valence-corrected chi connectivity index (χ1v) is 7.47. The number of carbonyl (C=O) groups excluding carboxylic acids is 1. The van der Waals surface area contributed by atoms with Crippen LogP contribution in [0, 0.1) is 0 Å². The Morgan fingerprint density at radius 2 is 2.19 bits per heavy atom. The third-order valence-electron chi connectivity index (χ3n) is 3.95. The van der Waals surface area contributed by atoms with Crippen LogP contribution in [0.15, 0.2) is 24.3 Å². The SMILES string of the molecule is CCN(C)c1ccccc1CNC(=O)N[C@@]1(C)CCOC1. The van der Waals surface area contributed by atoms with E-state index in [-0.39, 0.29) is 11.6 Å². The molecule has 1 aliphatic heterocycles. The van der Waals surface area contributed by atoms with Crippen molar-refractivity contribution in [2.24, 2.45) is 0 Å². The van der Waals surface area contributed by atoms with Crippen molar-refractivity contribution < 1.29 is 9.53 Å². The number of rotatable bonds is 5. The summed E-state index contributed by atoms with van der Waals surface area (Å²) in [7, 11) is 2.05. The van der Waals surface area contributed by atoms with Crippen molar-refractivity contribution in [1.82, 2.24) is 10.6 Å². The Morgan fingerprint density at radius 3 is 2.86 bits per heavy atom. The minimum atomic E-state index is -0.246. The molecule has 1 fully saturated rings. The van der Waals surface area contributed by atoms with Crippen molar-refractivity contribution in [2.45, 2.75) is 32.4 Å². The fourth-order valence-electron chi connectivity index (χ4n) is 2.46. The summed E-state index contributed by atoms with van der Waals surface area (Å²) >= 11 is 0. The minimum Gasteiger partial charge on any atom is -0.379 e. The van der Waals surface area contributed by atoms with Gasteiger partial charge in [0.2, 0.25) is 0 Å². The van der Waals surface area contributed by atoms with Crippen LogP contribution < -0.4 is 15.5 Å². The minimum absolute atomic E-state index is 0.142. The van der Waals surface area contributed by atoms with E-state index in [1.807, 2.05) is 25.1 Å². The molecule has 1 aromatic rings. The van der Waals surface area contributed by atoms with Crippen LogP contribution in [-0.4, -0.2) is 38.4 Å². The average molecular weight is 291 g/mol. The number of carbonyl (C=O) groups is 1. The highest BCUT2D eigenvalue weighted by atomic mass is 16.5. The Labute approximate surface area is 126 Å². The van der Waals surface area contributed by atoms with Gasteiger partial charge in [-0.25, -0.2) is 4.79 Å². The monoisotopic (exact) mass is 291 g/mol. The number of hydrogen-bond acceptors (Lipinski definition) is 3. The van der Waals surface area contributed by atoms with Gasteiger partial charge in [0.1, 0.15) is 0 Å². The Hall–Kier alpha value is -1.75. The second-order valence-electron chi connectivity index (χ2n) is 5.81. The highest BCUT2D eigenvalue weighted by Gasteiger charge is 2.31. The molecule has 2 amide bonds. The lowest BCUT2D eigenvalue weighted by Gasteiger charge is -2.24. The molecule has 1 atom stereocenters. The number of urea groups is 1. The first-order chi connectivity index (χ1) is 10.0. The molecule has 0 aromatic heterocycles. The number of nitrogens with one attached hydrogen (secondary N) is 2. The molecule has 0 unspecified atom stereocenters. The maximum Gasteiger partial charge on any atom is 0.315 e. The van der Waals surface area contributed by atoms with Gasteiger partial charge in [-0.2, -0.15) is 0 Å². The van der Waals surface area contributed by atoms with Gasteiger partial charge in [-0.15, -0.1) is 0 Å². The van der Waals surface area contributed by atoms with E-state index in [0.717, 1.165) is 24.2 Å². The molecule has 0 radical (unpaired) electrons. The lowest BCUT2D eigenvalue weighted by Crippen LogP contribution is -2.50. The summed E-state index contributed by atoms with van der Waals surface area (Å²) < 4.78 is 5.34. The molecule has 116 valence electrons. The van der Waals surface area contributed by atoms with E-state index in [1.54, 1.807) is 0 Å². The molecule has 5 heteroatoms. The Kier molecular flexibility index (Phi) is 5.07. The van der Waals surface area contributed by atoms with Crippen LogP contribution in [0.5, 0.6) is 0 Å². The van der Waals surface area contributed by atoms with Crippen molar-refractivity contribution in [3.8, 4) is 0 Å². The quantitative estimate of drug-likeness (QED) is 0.874. The average Bonchev–Trinajstić information content (AvgIpc) is 2.90. The predicted octanol–water partition coefficient (Wildman–Crippen LogP) is 2.12. The second-order valence-corrected chi connectivity index (χ2v) is 5.81. The topological polar surface area (TPSA) is 53.6 Å². The number of benzene rings is 1. The van der Waals surface area contributed by atoms with Crippen LogP contribution in [0.3, 0.4) is 0 Å². The van der Waals surface area contributed by atoms with Gasteiger partial charge >= 0.3 is 6.03 Å². The summed E-state index contributed by atoms with van der Waals surface area (Å²) in [5.74, 6) is 0. The van der Waals surface area contributed by atoms with Gasteiger partial charge in [-0.1, -0.05) is 18.2 Å². The molecule has 5 nitrogen and oxygen atoms in total. The second kappa shape index (κ2) is 6.80. The molecule has 2 rings (SSSR count). The van der Waals surface area contributed by atoms with E-state index in [0.29, 0.717) is 19.8 Å². The van der Waals surface area contributed by atoms with Gasteiger partial charge in [-0.3, -0.25) is 0 Å². The predicted molar refractivity (Wildman–Crippen MR) is 84.6 cm³/mol. The number of nitrogens with zero attached hydrogens (tertiary/aromatic N) is 1. The van der Waals surface area contributed by atoms with Crippen LogP contribution in [-0.2, 0) is 11.3 Å². The molecular weight excluding hydrogens is 266 g/mol. The number of anilines is 1. The maximum absolute atomic E-state index is 12.0. The largest absolute Gasteiger partial charge is 0.379 e. The number of amides is 2. The van der Waals surface area contributed by atoms with Crippen LogP contribution in [0.4, 0.5) is 10.5 Å². The van der Waals surface area contributed by atoms with Crippen molar-refractivity contribution in [3.05, 3.63) is 29.8 Å². The standard InChI is InChI=1S/C16H25N3O2/c1-4-19(3)14-8-6-5-7-13(14)11-17-15(20)18-16(2)9-10-21-12-16/h5-8H,4,9-12H2,1-3H3,(H2,17,18,20)/t16-/m0/s1. The zero-order valence-corrected chi connectivity index (χ0v) is 13.1. The van der Waals surface area contributed by atoms with Gasteiger partial charge in [0.15, 0.2) is 0 Å². The first-order valence-electron chi connectivity index (χ1n) is 7.47. The molecule has 1 aliphatic rings. The molecule has 1 saturated heterocycles. The third kappa shape index (κ3) is 4.11. The smallest absolute Gasteiger partial charge is 0.315 e. The molecule has 1 aromatic carbocycles. The van der Waals surface area contributed by atoms with Crippen molar-refractivity contribution >= 4 is 11.7 Å². The van der Waals surface area contributed by atoms with Crippen molar-refractivity contribution in [3.63, 3.8) is 0 Å². The lowest BCUT2D eigenvalue weighted by atomic mass is 10.0. The van der Waals surface area contributed by atoms with E-state index < -0.39 is 0 Å². The van der Waals surface area contributed by atoms with Gasteiger partial charge in [0.25, 0.3) is 0 Å². The molecule has 1 heterocycles. The molecule has 2 N–H and O–H groups in total. The molecule has 21 heavy (non-hydrogen) atoms. The molecular formula is C16H25N3O2. The van der Waals surface area contributed by atoms with Crippen molar-refractivity contribution in [2.75, 3.05) is 31.7 Å². The summed E-state index contributed by atoms with van der Waals surface area (Å²) in [5.41, 5.74) is 2.02. The summed E-state index contributed by atoms with van der Waals surface area (Å²) in [4.78, 5) is 14.2. The van der Waals surface area contributed by atoms with E-state index >= 15 is 0 Å². The van der Waals surface area contributed by atoms with Gasteiger partial charge in [0.05, 0.1) is 12.1 Å². The summed E-state index contributed by atoms with van der Waals surface area (Å²) in [6, 6.07) is 7.99. The zero-order valence-electron chi connectivity index (χ0n) is 13.1. The normalized spacial score (nSPS) is 21.1. The molecule has 0 saturated carbocycles. The van der Waals surface area contributed by atoms with Crippen LogP contribution in [0.2, 0.25) is 0 Å². The van der Waals surface area contributed by atoms with Gasteiger partial charge in [-0.05, 0) is 31.9 Å². The molecule has 0 bridgehead atoms. The van der Waals surface area contributed by atoms with E-state index in [4.69, 9.17) is 4.74 Å². The fourth-order valence-corrected chi connectivity index (χ4v) is 2.46. The van der Waals surface area contributed by atoms with Gasteiger partial charge < -0.3 is 20.3 Å². The Bertz CT molecular complexity index is 484. The first kappa shape index (κ1) is 15.6. The van der Waals surface area contributed by atoms with E-state index in [2.05, 4.69) is 35.6 Å². The third-order valence-corrected chi connectivity index (χ3v) is 3.95. The highest BCUT2D eigenvalue weighted by Crippen LogP contribution is 2.19. The maximum atomic E-state index is 12.0. The molecule has 0 spiro atoms. The van der Waals surface area contributed by atoms with Crippen LogP contribution in [0.1, 0.15) is 25.8 Å². The lowest BCUT2D eigenvalue weighted by molar-refractivity contribution is 0.170. The van der Waals surface area contributed by atoms with Crippen LogP contribution in [0.25, 0.3) is 0 Å².